The Kier molecular flexibility index (Phi) is 4.88. The average Bonchev–Trinajstić information content (AvgIpc) is 3.16. The number of anilines is 1. The second-order valence-corrected chi connectivity index (χ2v) is 6.45. The summed E-state index contributed by atoms with van der Waals surface area (Å²) in [4.78, 5) is 32.2. The number of amides is 2. The van der Waals surface area contributed by atoms with E-state index in [1.807, 2.05) is 18.2 Å². The van der Waals surface area contributed by atoms with Gasteiger partial charge in [0.25, 0.3) is 0 Å². The maximum atomic E-state index is 12.3. The lowest BCUT2D eigenvalue weighted by Gasteiger charge is -2.34. The van der Waals surface area contributed by atoms with Crippen LogP contribution in [0.4, 0.5) is 5.69 Å². The molecule has 4 rings (SSSR count). The van der Waals surface area contributed by atoms with Gasteiger partial charge in [0.15, 0.2) is 11.5 Å². The number of nitrogens with zero attached hydrogens (tertiary/aromatic N) is 3. The molecular formula is C19H20N4O4. The molecule has 1 saturated heterocycles. The largest absolute Gasteiger partial charge is 0.454 e. The number of carbonyl (C=O) groups excluding carboxylic acids is 2. The molecule has 0 aliphatic carbocycles. The van der Waals surface area contributed by atoms with E-state index in [-0.39, 0.29) is 6.79 Å². The van der Waals surface area contributed by atoms with Crippen LogP contribution in [0.15, 0.2) is 42.7 Å². The van der Waals surface area contributed by atoms with Gasteiger partial charge < -0.3 is 19.7 Å². The molecule has 0 radical (unpaired) electrons. The number of piperazine rings is 1. The van der Waals surface area contributed by atoms with Crippen molar-refractivity contribution in [3.8, 4) is 11.5 Å². The molecule has 3 heterocycles. The summed E-state index contributed by atoms with van der Waals surface area (Å²) >= 11 is 0. The topological polar surface area (TPSA) is 84.0 Å². The van der Waals surface area contributed by atoms with Crippen LogP contribution in [-0.2, 0) is 16.1 Å². The van der Waals surface area contributed by atoms with E-state index in [0.717, 1.165) is 23.6 Å². The molecule has 1 fully saturated rings. The monoisotopic (exact) mass is 368 g/mol. The first-order chi connectivity index (χ1) is 13.2. The number of aromatic nitrogens is 1. The number of pyridine rings is 1. The summed E-state index contributed by atoms with van der Waals surface area (Å²) in [5.41, 5.74) is 1.64. The van der Waals surface area contributed by atoms with Gasteiger partial charge in [-0.2, -0.15) is 0 Å². The second-order valence-electron chi connectivity index (χ2n) is 6.45. The summed E-state index contributed by atoms with van der Waals surface area (Å²) in [6.07, 6.45) is 3.12. The third-order valence-electron chi connectivity index (χ3n) is 4.62. The lowest BCUT2D eigenvalue weighted by atomic mass is 10.1. The average molecular weight is 368 g/mol. The lowest BCUT2D eigenvalue weighted by Crippen LogP contribution is -2.51. The highest BCUT2D eigenvalue weighted by Gasteiger charge is 2.26. The number of hydrogen-bond acceptors (Lipinski definition) is 6. The summed E-state index contributed by atoms with van der Waals surface area (Å²) in [5, 5.41) is 2.58. The molecule has 1 aromatic heterocycles. The highest BCUT2D eigenvalue weighted by atomic mass is 16.7. The molecule has 140 valence electrons. The zero-order valence-electron chi connectivity index (χ0n) is 14.8. The molecule has 1 aromatic carbocycles. The second kappa shape index (κ2) is 7.63. The first kappa shape index (κ1) is 17.3. The van der Waals surface area contributed by atoms with Gasteiger partial charge in [-0.05, 0) is 29.8 Å². The number of benzene rings is 1. The van der Waals surface area contributed by atoms with Crippen molar-refractivity contribution in [2.75, 3.05) is 38.3 Å². The fraction of sp³-hybridized carbons (Fsp3) is 0.316. The van der Waals surface area contributed by atoms with E-state index < -0.39 is 11.8 Å². The van der Waals surface area contributed by atoms with Crippen molar-refractivity contribution >= 4 is 17.5 Å². The van der Waals surface area contributed by atoms with E-state index in [2.05, 4.69) is 15.2 Å². The molecule has 27 heavy (non-hydrogen) atoms. The minimum atomic E-state index is -0.632. The third-order valence-corrected chi connectivity index (χ3v) is 4.62. The van der Waals surface area contributed by atoms with Gasteiger partial charge >= 0.3 is 11.8 Å². The Labute approximate surface area is 156 Å². The highest BCUT2D eigenvalue weighted by Crippen LogP contribution is 2.32. The van der Waals surface area contributed by atoms with E-state index in [0.29, 0.717) is 31.9 Å². The highest BCUT2D eigenvalue weighted by molar-refractivity contribution is 6.39. The summed E-state index contributed by atoms with van der Waals surface area (Å²) in [6.45, 7) is 3.48. The Morgan fingerprint density at radius 3 is 2.67 bits per heavy atom. The van der Waals surface area contributed by atoms with Crippen LogP contribution in [0.3, 0.4) is 0 Å². The summed E-state index contributed by atoms with van der Waals surface area (Å²) in [7, 11) is 0. The van der Waals surface area contributed by atoms with Gasteiger partial charge in [-0.1, -0.05) is 6.07 Å². The molecule has 8 heteroatoms. The first-order valence-electron chi connectivity index (χ1n) is 8.80. The number of ether oxygens (including phenoxy) is 2. The lowest BCUT2D eigenvalue weighted by molar-refractivity contribution is -0.144. The SMILES string of the molecule is O=C(Nc1cccnc1)C(=O)N1CCN(Cc2ccc3c(c2)OCO3)CC1. The van der Waals surface area contributed by atoms with Gasteiger partial charge in [-0.25, -0.2) is 0 Å². The molecule has 0 spiro atoms. The van der Waals surface area contributed by atoms with E-state index in [1.54, 1.807) is 23.2 Å². The fourth-order valence-electron chi connectivity index (χ4n) is 3.17. The minimum absolute atomic E-state index is 0.265. The van der Waals surface area contributed by atoms with Gasteiger partial charge in [0, 0.05) is 38.9 Å². The summed E-state index contributed by atoms with van der Waals surface area (Å²) < 4.78 is 10.7. The molecule has 0 unspecified atom stereocenters. The van der Waals surface area contributed by atoms with Crippen LogP contribution in [0.1, 0.15) is 5.56 Å². The van der Waals surface area contributed by atoms with Gasteiger partial charge in [-0.3, -0.25) is 19.5 Å². The number of hydrogen-bond donors (Lipinski definition) is 1. The molecule has 2 aliphatic heterocycles. The zero-order chi connectivity index (χ0) is 18.6. The molecule has 0 bridgehead atoms. The van der Waals surface area contributed by atoms with Crippen LogP contribution in [0.5, 0.6) is 11.5 Å². The molecule has 2 aromatic rings. The molecule has 0 saturated carbocycles. The standard InChI is InChI=1S/C19H20N4O4/c24-18(21-15-2-1-5-20-11-15)19(25)23-8-6-22(7-9-23)12-14-3-4-16-17(10-14)27-13-26-16/h1-5,10-11H,6-9,12-13H2,(H,21,24). The van der Waals surface area contributed by atoms with E-state index in [9.17, 15) is 9.59 Å². The molecule has 2 amide bonds. The van der Waals surface area contributed by atoms with E-state index >= 15 is 0 Å². The number of fused-ring (bicyclic) bond motifs is 1. The normalized spacial score (nSPS) is 16.2. The van der Waals surface area contributed by atoms with Crippen LogP contribution in [0.2, 0.25) is 0 Å². The van der Waals surface area contributed by atoms with Crippen molar-refractivity contribution < 1.29 is 19.1 Å². The van der Waals surface area contributed by atoms with Gasteiger partial charge in [0.05, 0.1) is 11.9 Å². The summed E-state index contributed by atoms with van der Waals surface area (Å²) in [6, 6.07) is 9.32. The third kappa shape index (κ3) is 4.01. The maximum Gasteiger partial charge on any atom is 0.313 e. The molecule has 1 N–H and O–H groups in total. The smallest absolute Gasteiger partial charge is 0.313 e. The Morgan fingerprint density at radius 1 is 1.07 bits per heavy atom. The van der Waals surface area contributed by atoms with E-state index in [4.69, 9.17) is 9.47 Å². The van der Waals surface area contributed by atoms with Crippen LogP contribution in [0, 0.1) is 0 Å². The predicted octanol–water partition coefficient (Wildman–Crippen LogP) is 1.09. The zero-order valence-corrected chi connectivity index (χ0v) is 14.8. The van der Waals surface area contributed by atoms with Crippen LogP contribution >= 0.6 is 0 Å². The Morgan fingerprint density at radius 2 is 1.89 bits per heavy atom. The van der Waals surface area contributed by atoms with Crippen molar-refractivity contribution in [1.29, 1.82) is 0 Å². The van der Waals surface area contributed by atoms with Gasteiger partial charge in [0.2, 0.25) is 6.79 Å². The first-order valence-corrected chi connectivity index (χ1v) is 8.80. The Balaban J connectivity index is 1.28. The molecular weight excluding hydrogens is 348 g/mol. The van der Waals surface area contributed by atoms with E-state index in [1.165, 1.54) is 6.20 Å². The van der Waals surface area contributed by atoms with Crippen molar-refractivity contribution in [1.82, 2.24) is 14.8 Å². The van der Waals surface area contributed by atoms with Crippen LogP contribution in [-0.4, -0.2) is 59.6 Å². The van der Waals surface area contributed by atoms with Crippen LogP contribution < -0.4 is 14.8 Å². The maximum absolute atomic E-state index is 12.3. The molecule has 8 nitrogen and oxygen atoms in total. The Bertz CT molecular complexity index is 835. The molecule has 2 aliphatic rings. The fourth-order valence-corrected chi connectivity index (χ4v) is 3.17. The summed E-state index contributed by atoms with van der Waals surface area (Å²) in [5.74, 6) is 0.399. The van der Waals surface area contributed by atoms with Gasteiger partial charge in [-0.15, -0.1) is 0 Å². The molecule has 0 atom stereocenters. The Hall–Kier alpha value is -3.13. The van der Waals surface area contributed by atoms with Crippen molar-refractivity contribution in [2.45, 2.75) is 6.54 Å². The predicted molar refractivity (Wildman–Crippen MR) is 97.3 cm³/mol. The number of carbonyl (C=O) groups is 2. The quantitative estimate of drug-likeness (QED) is 0.817. The van der Waals surface area contributed by atoms with Crippen molar-refractivity contribution in [3.05, 3.63) is 48.3 Å². The van der Waals surface area contributed by atoms with Crippen molar-refractivity contribution in [3.63, 3.8) is 0 Å². The number of nitrogens with one attached hydrogen (secondary N) is 1. The van der Waals surface area contributed by atoms with Crippen molar-refractivity contribution in [2.24, 2.45) is 0 Å². The van der Waals surface area contributed by atoms with Gasteiger partial charge in [0.1, 0.15) is 0 Å². The van der Waals surface area contributed by atoms with Crippen LogP contribution in [0.25, 0.3) is 0 Å². The number of rotatable bonds is 3. The minimum Gasteiger partial charge on any atom is -0.454 e.